The standard InChI is InChI=1S/C41H78N3O14P/c1-36(2,3)16-18-38(7,8)33(47)53-26-30(57-34(48)39(9,10)19-17-37(4,5)6)27-56-59(50,51)55-25-23-44-35(49)58-41(13,14)21-24-54-40(11,12)20-22-43-32(46)29-52-28-31(45)42-15/h30H,16-29H2,1-15H3,(H,42,45)(H,43,46)(H,44,49)(H,50,51). The second-order valence-corrected chi connectivity index (χ2v) is 21.3. The van der Waals surface area contributed by atoms with Crippen molar-refractivity contribution in [1.82, 2.24) is 16.0 Å². The molecule has 2 unspecified atom stereocenters. The van der Waals surface area contributed by atoms with Crippen molar-refractivity contribution < 1.29 is 66.2 Å². The molecule has 0 heterocycles. The third-order valence-corrected chi connectivity index (χ3v) is 10.2. The van der Waals surface area contributed by atoms with Crippen molar-refractivity contribution in [2.75, 3.05) is 59.8 Å². The number of amides is 3. The summed E-state index contributed by atoms with van der Waals surface area (Å²) >= 11 is 0. The molecule has 0 fully saturated rings. The van der Waals surface area contributed by atoms with Crippen LogP contribution in [0.2, 0.25) is 0 Å². The number of ether oxygens (including phenoxy) is 5. The summed E-state index contributed by atoms with van der Waals surface area (Å²) in [6.07, 6.45) is 1.42. The molecule has 346 valence electrons. The lowest BCUT2D eigenvalue weighted by Crippen LogP contribution is -2.38. The smallest absolute Gasteiger partial charge is 0.461 e. The van der Waals surface area contributed by atoms with Gasteiger partial charge < -0.3 is 44.5 Å². The van der Waals surface area contributed by atoms with E-state index in [1.807, 2.05) is 13.8 Å². The molecule has 0 bridgehead atoms. The van der Waals surface area contributed by atoms with E-state index in [9.17, 15) is 33.4 Å². The van der Waals surface area contributed by atoms with Crippen LogP contribution in [-0.4, -0.2) is 112 Å². The average molecular weight is 868 g/mol. The number of phosphoric acid groups is 1. The van der Waals surface area contributed by atoms with Crippen molar-refractivity contribution in [2.45, 2.75) is 153 Å². The zero-order valence-electron chi connectivity index (χ0n) is 38.7. The molecule has 59 heavy (non-hydrogen) atoms. The molecule has 0 aromatic carbocycles. The molecule has 0 aliphatic heterocycles. The molecular formula is C41H78N3O14P. The minimum Gasteiger partial charge on any atom is -0.461 e. The summed E-state index contributed by atoms with van der Waals surface area (Å²) in [6.45, 7) is 25.1. The predicted octanol–water partition coefficient (Wildman–Crippen LogP) is 6.24. The fraction of sp³-hybridized carbons (Fsp3) is 0.878. The molecule has 0 spiro atoms. The summed E-state index contributed by atoms with van der Waals surface area (Å²) in [5, 5.41) is 7.57. The Balaban J connectivity index is 5.04. The van der Waals surface area contributed by atoms with Gasteiger partial charge in [0, 0.05) is 26.6 Å². The van der Waals surface area contributed by atoms with Crippen molar-refractivity contribution >= 4 is 37.7 Å². The summed E-state index contributed by atoms with van der Waals surface area (Å²) in [6, 6.07) is 0. The molecule has 17 nitrogen and oxygen atoms in total. The highest BCUT2D eigenvalue weighted by molar-refractivity contribution is 7.47. The zero-order valence-corrected chi connectivity index (χ0v) is 39.6. The molecule has 0 rings (SSSR count). The van der Waals surface area contributed by atoms with Crippen LogP contribution in [0, 0.1) is 21.7 Å². The molecule has 0 aromatic rings. The number of alkyl carbamates (subject to hydrolysis) is 1. The van der Waals surface area contributed by atoms with Gasteiger partial charge in [0.25, 0.3) is 0 Å². The highest BCUT2D eigenvalue weighted by Crippen LogP contribution is 2.43. The second kappa shape index (κ2) is 24.6. The highest BCUT2D eigenvalue weighted by Gasteiger charge is 2.36. The molecule has 3 amide bonds. The van der Waals surface area contributed by atoms with E-state index in [1.54, 1.807) is 41.5 Å². The zero-order chi connectivity index (χ0) is 45.9. The Morgan fingerprint density at radius 3 is 1.69 bits per heavy atom. The number of carbonyl (C=O) groups is 5. The van der Waals surface area contributed by atoms with Crippen LogP contribution in [0.15, 0.2) is 0 Å². The third kappa shape index (κ3) is 28.4. The highest BCUT2D eigenvalue weighted by atomic mass is 31.2. The van der Waals surface area contributed by atoms with E-state index in [-0.39, 0.29) is 49.0 Å². The van der Waals surface area contributed by atoms with Gasteiger partial charge in [0.2, 0.25) is 11.8 Å². The van der Waals surface area contributed by atoms with Gasteiger partial charge in [0.15, 0.2) is 6.10 Å². The van der Waals surface area contributed by atoms with Gasteiger partial charge in [-0.15, -0.1) is 0 Å². The molecule has 0 saturated carbocycles. The Hall–Kier alpha value is -2.82. The van der Waals surface area contributed by atoms with Crippen LogP contribution in [0.4, 0.5) is 4.79 Å². The summed E-state index contributed by atoms with van der Waals surface area (Å²) in [5.74, 6) is -1.76. The molecule has 0 aromatic heterocycles. The minimum absolute atomic E-state index is 0.00395. The summed E-state index contributed by atoms with van der Waals surface area (Å²) in [7, 11) is -3.24. The maximum Gasteiger partial charge on any atom is 0.472 e. The van der Waals surface area contributed by atoms with Gasteiger partial charge in [-0.1, -0.05) is 41.5 Å². The number of likely N-dealkylation sites (N-methyl/N-ethyl adjacent to an activating group) is 1. The van der Waals surface area contributed by atoms with Gasteiger partial charge >= 0.3 is 25.9 Å². The van der Waals surface area contributed by atoms with Crippen molar-refractivity contribution in [3.8, 4) is 0 Å². The van der Waals surface area contributed by atoms with Crippen LogP contribution in [0.25, 0.3) is 0 Å². The van der Waals surface area contributed by atoms with Crippen LogP contribution in [0.3, 0.4) is 0 Å². The predicted molar refractivity (Wildman–Crippen MR) is 223 cm³/mol. The van der Waals surface area contributed by atoms with E-state index in [0.717, 1.165) is 12.8 Å². The third-order valence-electron chi connectivity index (χ3n) is 9.19. The first-order valence-corrected chi connectivity index (χ1v) is 21.9. The van der Waals surface area contributed by atoms with E-state index < -0.39 is 73.8 Å². The van der Waals surface area contributed by atoms with Crippen molar-refractivity contribution in [3.05, 3.63) is 0 Å². The van der Waals surface area contributed by atoms with Crippen LogP contribution in [0.1, 0.15) is 135 Å². The molecular weight excluding hydrogens is 789 g/mol. The van der Waals surface area contributed by atoms with E-state index >= 15 is 0 Å². The van der Waals surface area contributed by atoms with Gasteiger partial charge in [-0.05, 0) is 98.3 Å². The normalized spacial score (nSPS) is 14.4. The average Bonchev–Trinajstić information content (AvgIpc) is 3.08. The van der Waals surface area contributed by atoms with Crippen LogP contribution >= 0.6 is 7.82 Å². The summed E-state index contributed by atoms with van der Waals surface area (Å²) in [4.78, 5) is 72.4. The number of hydrogen-bond acceptors (Lipinski definition) is 13. The van der Waals surface area contributed by atoms with Crippen molar-refractivity contribution in [1.29, 1.82) is 0 Å². The number of esters is 2. The van der Waals surface area contributed by atoms with Gasteiger partial charge in [0.1, 0.15) is 25.4 Å². The number of hydrogen-bond donors (Lipinski definition) is 4. The second-order valence-electron chi connectivity index (χ2n) is 19.8. The first-order chi connectivity index (χ1) is 26.7. The summed E-state index contributed by atoms with van der Waals surface area (Å²) < 4.78 is 50.8. The molecule has 0 aliphatic rings. The minimum atomic E-state index is -4.71. The van der Waals surface area contributed by atoms with Crippen LogP contribution < -0.4 is 16.0 Å². The molecule has 0 aliphatic carbocycles. The largest absolute Gasteiger partial charge is 0.472 e. The molecule has 0 saturated heterocycles. The van der Waals surface area contributed by atoms with Crippen molar-refractivity contribution in [3.63, 3.8) is 0 Å². The van der Waals surface area contributed by atoms with Crippen LogP contribution in [-0.2, 0) is 56.5 Å². The maximum atomic E-state index is 13.3. The summed E-state index contributed by atoms with van der Waals surface area (Å²) in [5.41, 5.74) is -3.29. The van der Waals surface area contributed by atoms with Gasteiger partial charge in [-0.2, -0.15) is 0 Å². The van der Waals surface area contributed by atoms with Gasteiger partial charge in [0.05, 0.1) is 36.3 Å². The number of carbonyl (C=O) groups excluding carboxylic acids is 5. The van der Waals surface area contributed by atoms with E-state index in [4.69, 9.17) is 32.7 Å². The fourth-order valence-electron chi connectivity index (χ4n) is 4.74. The molecule has 18 heteroatoms. The molecule has 2 atom stereocenters. The van der Waals surface area contributed by atoms with Crippen LogP contribution in [0.5, 0.6) is 0 Å². The van der Waals surface area contributed by atoms with E-state index in [0.29, 0.717) is 32.2 Å². The lowest BCUT2D eigenvalue weighted by Gasteiger charge is -2.30. The first kappa shape index (κ1) is 56.2. The molecule has 4 N–H and O–H groups in total. The SMILES string of the molecule is CNC(=O)COCC(=O)NCCC(C)(C)OCCC(C)(C)OC(=O)NCCOP(=O)(O)OCC(COC(=O)C(C)(C)CCC(C)(C)C)OC(=O)C(C)(C)CCC(C)(C)C. The van der Waals surface area contributed by atoms with Gasteiger partial charge in [-0.25, -0.2) is 9.36 Å². The first-order valence-electron chi connectivity index (χ1n) is 20.4. The Morgan fingerprint density at radius 2 is 1.15 bits per heavy atom. The lowest BCUT2D eigenvalue weighted by molar-refractivity contribution is -0.172. The maximum absolute atomic E-state index is 13.3. The van der Waals surface area contributed by atoms with Gasteiger partial charge in [-0.3, -0.25) is 28.2 Å². The quantitative estimate of drug-likeness (QED) is 0.0296. The Bertz CT molecular complexity index is 1390. The fourth-order valence-corrected chi connectivity index (χ4v) is 5.50. The Kier molecular flexibility index (Phi) is 23.4. The Labute approximate surface area is 353 Å². The lowest BCUT2D eigenvalue weighted by atomic mass is 9.80. The van der Waals surface area contributed by atoms with Crippen molar-refractivity contribution in [2.24, 2.45) is 21.7 Å². The number of nitrogens with one attached hydrogen (secondary N) is 3. The Morgan fingerprint density at radius 1 is 0.610 bits per heavy atom. The number of phosphoric ester groups is 1. The van der Waals surface area contributed by atoms with E-state index in [2.05, 4.69) is 57.5 Å². The monoisotopic (exact) mass is 868 g/mol. The number of rotatable bonds is 28. The topological polar surface area (TPSA) is 223 Å². The van der Waals surface area contributed by atoms with E-state index in [1.165, 1.54) is 7.05 Å². The molecule has 0 radical (unpaired) electrons.